The number of hydrogen-bond donors (Lipinski definition) is 1. The van der Waals surface area contributed by atoms with Crippen LogP contribution in [0, 0.1) is 0 Å². The Morgan fingerprint density at radius 3 is 2.34 bits per heavy atom. The van der Waals surface area contributed by atoms with Crippen LogP contribution in [0.1, 0.15) is 27.2 Å². The minimum absolute atomic E-state index is 0.0768. The molecule has 1 N–H and O–H groups in total. The molecule has 0 atom stereocenters. The third kappa shape index (κ3) is 6.92. The van der Waals surface area contributed by atoms with Gasteiger partial charge in [0.05, 0.1) is 0 Å². The number of rotatable bonds is 7. The zero-order valence-corrected chi connectivity index (χ0v) is 19.9. The second-order valence-electron chi connectivity index (χ2n) is 8.21. The summed E-state index contributed by atoms with van der Waals surface area (Å²) < 4.78 is 40.4. The molecule has 7 nitrogen and oxygen atoms in total. The molecule has 184 valence electrons. The Balaban J connectivity index is 1.40. The Hall–Kier alpha value is -3.18. The smallest absolute Gasteiger partial charge is 0.354 e. The van der Waals surface area contributed by atoms with E-state index in [1.54, 1.807) is 36.7 Å². The number of carbonyl (C=O) groups excluding carboxylic acids is 1. The summed E-state index contributed by atoms with van der Waals surface area (Å²) in [6.45, 7) is 3.13. The zero-order valence-electron chi connectivity index (χ0n) is 19.1. The summed E-state index contributed by atoms with van der Waals surface area (Å²) in [4.78, 5) is 28.5. The van der Waals surface area contributed by atoms with Crippen LogP contribution in [0.2, 0.25) is 0 Å². The molecule has 0 saturated carbocycles. The molecule has 0 radical (unpaired) electrons. The van der Waals surface area contributed by atoms with E-state index in [9.17, 15) is 18.0 Å². The molecule has 11 heteroatoms. The number of thioether (sulfide) groups is 1. The van der Waals surface area contributed by atoms with Crippen molar-refractivity contribution in [3.63, 3.8) is 0 Å². The van der Waals surface area contributed by atoms with Crippen molar-refractivity contribution in [2.24, 2.45) is 0 Å². The van der Waals surface area contributed by atoms with Crippen molar-refractivity contribution < 1.29 is 18.0 Å². The third-order valence-corrected chi connectivity index (χ3v) is 6.51. The molecule has 2 aromatic heterocycles. The molecule has 3 heterocycles. The number of aromatic nitrogens is 3. The molecule has 1 amide bonds. The molecule has 0 spiro atoms. The lowest BCUT2D eigenvalue weighted by Crippen LogP contribution is -2.45. The number of anilines is 1. The quantitative estimate of drug-likeness (QED) is 0.389. The highest BCUT2D eigenvalue weighted by molar-refractivity contribution is 7.98. The number of likely N-dealkylation sites (N-methyl/N-ethyl adjacent to an activating group) is 1. The normalized spacial score (nSPS) is 14.7. The van der Waals surface area contributed by atoms with Crippen molar-refractivity contribution in [3.8, 4) is 0 Å². The molecule has 0 aliphatic carbocycles. The van der Waals surface area contributed by atoms with Gasteiger partial charge in [-0.15, -0.1) is 0 Å². The van der Waals surface area contributed by atoms with Gasteiger partial charge in [-0.05, 0) is 42.4 Å². The summed E-state index contributed by atoms with van der Waals surface area (Å²) in [7, 11) is 1.98. The second-order valence-corrected chi connectivity index (χ2v) is 9.15. The van der Waals surface area contributed by atoms with Crippen molar-refractivity contribution in [1.29, 1.82) is 0 Å². The summed E-state index contributed by atoms with van der Waals surface area (Å²) in [6, 6.07) is 11.6. The number of nitrogens with zero attached hydrogens (tertiary/aromatic N) is 5. The Morgan fingerprint density at radius 2 is 1.69 bits per heavy atom. The van der Waals surface area contributed by atoms with Crippen LogP contribution >= 0.6 is 11.8 Å². The number of piperazine rings is 1. The maximum Gasteiger partial charge on any atom is 0.433 e. The lowest BCUT2D eigenvalue weighted by Gasteiger charge is -2.33. The zero-order chi connectivity index (χ0) is 24.8. The van der Waals surface area contributed by atoms with E-state index in [0.717, 1.165) is 42.0 Å². The number of alkyl halides is 3. The molecule has 1 aliphatic heterocycles. The van der Waals surface area contributed by atoms with Crippen LogP contribution in [0.4, 0.5) is 19.0 Å². The Kier molecular flexibility index (Phi) is 7.86. The molecule has 35 heavy (non-hydrogen) atoms. The van der Waals surface area contributed by atoms with Gasteiger partial charge in [0.2, 0.25) is 0 Å². The molecular weight excluding hydrogens is 477 g/mol. The number of halogens is 3. The highest BCUT2D eigenvalue weighted by Gasteiger charge is 2.34. The molecule has 0 bridgehead atoms. The number of hydrogen-bond acceptors (Lipinski definition) is 7. The first-order valence-electron chi connectivity index (χ1n) is 11.1. The Labute approximate surface area is 205 Å². The monoisotopic (exact) mass is 502 g/mol. The standard InChI is InChI=1S/C24H25F3N6OS/c1-32-10-12-33(13-11-32)21-14-20(24(25,26)27)30-23(31-21)35-16-18-2-4-19(5-3-18)22(34)29-15-17-6-8-28-9-7-17/h2-9,14H,10-13,15-16H2,1H3,(H,29,34). The topological polar surface area (TPSA) is 74.2 Å². The van der Waals surface area contributed by atoms with Gasteiger partial charge in [0.1, 0.15) is 5.82 Å². The van der Waals surface area contributed by atoms with Crippen LogP contribution in [-0.4, -0.2) is 59.0 Å². The molecule has 4 rings (SSSR count). The highest BCUT2D eigenvalue weighted by Crippen LogP contribution is 2.32. The van der Waals surface area contributed by atoms with Crippen molar-refractivity contribution >= 4 is 23.5 Å². The lowest BCUT2D eigenvalue weighted by molar-refractivity contribution is -0.141. The second kappa shape index (κ2) is 11.0. The SMILES string of the molecule is CN1CCN(c2cc(C(F)(F)F)nc(SCc3ccc(C(=O)NCc4ccncc4)cc3)n2)CC1. The van der Waals surface area contributed by atoms with Gasteiger partial charge in [-0.1, -0.05) is 23.9 Å². The van der Waals surface area contributed by atoms with Crippen LogP contribution < -0.4 is 10.2 Å². The average molecular weight is 503 g/mol. The predicted octanol–water partition coefficient (Wildman–Crippen LogP) is 3.86. The van der Waals surface area contributed by atoms with Crippen molar-refractivity contribution in [1.82, 2.24) is 25.2 Å². The predicted molar refractivity (Wildman–Crippen MR) is 128 cm³/mol. The number of benzene rings is 1. The first-order chi connectivity index (χ1) is 16.8. The van der Waals surface area contributed by atoms with E-state index < -0.39 is 11.9 Å². The lowest BCUT2D eigenvalue weighted by atomic mass is 10.1. The minimum Gasteiger partial charge on any atom is -0.354 e. The third-order valence-electron chi connectivity index (χ3n) is 5.60. The van der Waals surface area contributed by atoms with Crippen LogP contribution in [0.5, 0.6) is 0 Å². The summed E-state index contributed by atoms with van der Waals surface area (Å²) >= 11 is 1.14. The van der Waals surface area contributed by atoms with Crippen molar-refractivity contribution in [2.75, 3.05) is 38.1 Å². The fraction of sp³-hybridized carbons (Fsp3) is 0.333. The van der Waals surface area contributed by atoms with Crippen LogP contribution in [0.15, 0.2) is 60.0 Å². The van der Waals surface area contributed by atoms with Crippen LogP contribution in [0.25, 0.3) is 0 Å². The van der Waals surface area contributed by atoms with E-state index in [2.05, 4.69) is 25.2 Å². The fourth-order valence-electron chi connectivity index (χ4n) is 3.51. The first kappa shape index (κ1) is 24.9. The van der Waals surface area contributed by atoms with Gasteiger partial charge in [-0.3, -0.25) is 9.78 Å². The molecule has 1 fully saturated rings. The highest BCUT2D eigenvalue weighted by atomic mass is 32.2. The summed E-state index contributed by atoms with van der Waals surface area (Å²) in [5.74, 6) is 0.464. The van der Waals surface area contributed by atoms with Crippen molar-refractivity contribution in [3.05, 3.63) is 77.2 Å². The van der Waals surface area contributed by atoms with E-state index in [-0.39, 0.29) is 11.1 Å². The number of pyridine rings is 1. The minimum atomic E-state index is -4.55. The average Bonchev–Trinajstić information content (AvgIpc) is 2.87. The van der Waals surface area contributed by atoms with Crippen LogP contribution in [-0.2, 0) is 18.5 Å². The van der Waals surface area contributed by atoms with Gasteiger partial charge in [0.25, 0.3) is 5.91 Å². The van der Waals surface area contributed by atoms with Gasteiger partial charge in [0, 0.05) is 62.5 Å². The summed E-state index contributed by atoms with van der Waals surface area (Å²) in [6.07, 6.45) is -1.23. The Bertz CT molecular complexity index is 1140. The molecular formula is C24H25F3N6OS. The van der Waals surface area contributed by atoms with E-state index in [4.69, 9.17) is 0 Å². The van der Waals surface area contributed by atoms with E-state index >= 15 is 0 Å². The molecule has 1 saturated heterocycles. The van der Waals surface area contributed by atoms with Gasteiger partial charge >= 0.3 is 6.18 Å². The number of amides is 1. The summed E-state index contributed by atoms with van der Waals surface area (Å²) in [5.41, 5.74) is 1.35. The number of nitrogens with one attached hydrogen (secondary N) is 1. The van der Waals surface area contributed by atoms with E-state index in [0.29, 0.717) is 36.8 Å². The maximum atomic E-state index is 13.5. The van der Waals surface area contributed by atoms with Gasteiger partial charge in [0.15, 0.2) is 10.9 Å². The molecule has 0 unspecified atom stereocenters. The van der Waals surface area contributed by atoms with E-state index in [1.807, 2.05) is 24.1 Å². The largest absolute Gasteiger partial charge is 0.433 e. The molecule has 3 aromatic rings. The van der Waals surface area contributed by atoms with E-state index in [1.165, 1.54) is 0 Å². The summed E-state index contributed by atoms with van der Waals surface area (Å²) in [5, 5.41) is 2.92. The fourth-order valence-corrected chi connectivity index (χ4v) is 4.31. The van der Waals surface area contributed by atoms with Gasteiger partial charge in [-0.2, -0.15) is 13.2 Å². The molecule has 1 aliphatic rings. The van der Waals surface area contributed by atoms with Gasteiger partial charge in [-0.25, -0.2) is 9.97 Å². The maximum absolute atomic E-state index is 13.5. The number of carbonyl (C=O) groups is 1. The van der Waals surface area contributed by atoms with Gasteiger partial charge < -0.3 is 15.1 Å². The molecule has 1 aromatic carbocycles. The van der Waals surface area contributed by atoms with Crippen molar-refractivity contribution in [2.45, 2.75) is 23.6 Å². The Morgan fingerprint density at radius 1 is 1.00 bits per heavy atom. The first-order valence-corrected chi connectivity index (χ1v) is 12.0. The van der Waals surface area contributed by atoms with Crippen LogP contribution in [0.3, 0.4) is 0 Å².